The predicted octanol–water partition coefficient (Wildman–Crippen LogP) is 2.55. The molecule has 9 heteroatoms. The molecule has 1 fully saturated rings. The first-order chi connectivity index (χ1) is 15.8. The highest BCUT2D eigenvalue weighted by Gasteiger charge is 2.20. The van der Waals surface area contributed by atoms with Crippen molar-refractivity contribution in [3.8, 4) is 5.95 Å². The van der Waals surface area contributed by atoms with Gasteiger partial charge in [0.25, 0.3) is 11.9 Å². The molecule has 9 nitrogen and oxygen atoms in total. The number of aryl methyl sites for hydroxylation is 3. The fourth-order valence-electron chi connectivity index (χ4n) is 3.97. The highest BCUT2D eigenvalue weighted by Crippen LogP contribution is 2.19. The van der Waals surface area contributed by atoms with E-state index < -0.39 is 0 Å². The van der Waals surface area contributed by atoms with E-state index in [-0.39, 0.29) is 18.2 Å². The van der Waals surface area contributed by atoms with Crippen LogP contribution in [0.2, 0.25) is 0 Å². The summed E-state index contributed by atoms with van der Waals surface area (Å²) in [6.45, 7) is 9.83. The van der Waals surface area contributed by atoms with E-state index in [1.807, 2.05) is 33.8 Å². The topological polar surface area (TPSA) is 102 Å². The maximum atomic E-state index is 12.8. The molecule has 2 amide bonds. The number of nitrogens with one attached hydrogen (secondary N) is 1. The van der Waals surface area contributed by atoms with Gasteiger partial charge in [-0.05, 0) is 52.0 Å². The number of benzene rings is 1. The minimum absolute atomic E-state index is 0.0594. The van der Waals surface area contributed by atoms with Crippen molar-refractivity contribution in [2.75, 3.05) is 31.6 Å². The Morgan fingerprint density at radius 3 is 2.42 bits per heavy atom. The lowest BCUT2D eigenvalue weighted by molar-refractivity contribution is -0.115. The number of aromatic nitrogens is 4. The molecule has 0 radical (unpaired) electrons. The second-order valence-corrected chi connectivity index (χ2v) is 8.22. The van der Waals surface area contributed by atoms with Gasteiger partial charge in [-0.2, -0.15) is 5.10 Å². The van der Waals surface area contributed by atoms with Crippen LogP contribution in [-0.4, -0.2) is 62.8 Å². The van der Waals surface area contributed by atoms with Crippen LogP contribution in [-0.2, 0) is 16.0 Å². The number of rotatable bonds is 5. The number of carbonyl (C=O) groups excluding carboxylic acids is 2. The third-order valence-corrected chi connectivity index (χ3v) is 5.63. The third-order valence-electron chi connectivity index (χ3n) is 5.63. The van der Waals surface area contributed by atoms with Gasteiger partial charge in [0.05, 0.1) is 25.3 Å². The number of ether oxygens (including phenoxy) is 1. The molecule has 0 atom stereocenters. The molecule has 0 bridgehead atoms. The van der Waals surface area contributed by atoms with Crippen LogP contribution in [0.25, 0.3) is 5.95 Å². The Balaban J connectivity index is 1.48. The molecule has 3 heterocycles. The van der Waals surface area contributed by atoms with Gasteiger partial charge in [-0.1, -0.05) is 6.07 Å². The normalized spacial score (nSPS) is 13.8. The van der Waals surface area contributed by atoms with E-state index in [1.54, 1.807) is 33.8 Å². The van der Waals surface area contributed by atoms with Gasteiger partial charge in [0.15, 0.2) is 0 Å². The van der Waals surface area contributed by atoms with Gasteiger partial charge >= 0.3 is 0 Å². The molecule has 1 aliphatic heterocycles. The van der Waals surface area contributed by atoms with E-state index >= 15 is 0 Å². The molecule has 33 heavy (non-hydrogen) atoms. The minimum atomic E-state index is -0.182. The summed E-state index contributed by atoms with van der Waals surface area (Å²) >= 11 is 0. The van der Waals surface area contributed by atoms with Gasteiger partial charge in [-0.15, -0.1) is 0 Å². The molecule has 1 saturated heterocycles. The average Bonchev–Trinajstić information content (AvgIpc) is 3.07. The van der Waals surface area contributed by atoms with Crippen LogP contribution in [0.5, 0.6) is 0 Å². The average molecular weight is 449 g/mol. The van der Waals surface area contributed by atoms with Gasteiger partial charge in [0.1, 0.15) is 0 Å². The first-order valence-corrected chi connectivity index (χ1v) is 11.0. The zero-order chi connectivity index (χ0) is 23.5. The van der Waals surface area contributed by atoms with Gasteiger partial charge in [-0.25, -0.2) is 14.6 Å². The minimum Gasteiger partial charge on any atom is -0.378 e. The SMILES string of the molecule is Cc1cc(C)nc(-n2nc(C)c(CC(=O)Nc3cccc(C(=O)N4CCOCC4)c3)c2C)n1. The second kappa shape index (κ2) is 9.50. The van der Waals surface area contributed by atoms with E-state index in [0.717, 1.165) is 28.3 Å². The largest absolute Gasteiger partial charge is 0.378 e. The number of hydrogen-bond acceptors (Lipinski definition) is 6. The molecule has 0 spiro atoms. The van der Waals surface area contributed by atoms with E-state index in [0.29, 0.717) is 43.5 Å². The first-order valence-electron chi connectivity index (χ1n) is 11.0. The van der Waals surface area contributed by atoms with Gasteiger partial charge in [-0.3, -0.25) is 9.59 Å². The number of nitrogens with zero attached hydrogens (tertiary/aromatic N) is 5. The summed E-state index contributed by atoms with van der Waals surface area (Å²) in [6, 6.07) is 8.93. The summed E-state index contributed by atoms with van der Waals surface area (Å²) in [5, 5.41) is 7.47. The molecule has 0 unspecified atom stereocenters. The van der Waals surface area contributed by atoms with Gasteiger partial charge in [0.2, 0.25) is 5.91 Å². The number of hydrogen-bond donors (Lipinski definition) is 1. The third kappa shape index (κ3) is 5.09. The summed E-state index contributed by atoms with van der Waals surface area (Å²) in [4.78, 5) is 36.3. The van der Waals surface area contributed by atoms with Crippen molar-refractivity contribution in [2.45, 2.75) is 34.1 Å². The molecule has 1 aromatic carbocycles. The van der Waals surface area contributed by atoms with Crippen molar-refractivity contribution in [1.82, 2.24) is 24.6 Å². The molecule has 3 aromatic rings. The molecular formula is C24H28N6O3. The molecule has 4 rings (SSSR count). The molecule has 0 saturated carbocycles. The van der Waals surface area contributed by atoms with Crippen molar-refractivity contribution in [1.29, 1.82) is 0 Å². The Bertz CT molecular complexity index is 1180. The Morgan fingerprint density at radius 2 is 1.73 bits per heavy atom. The standard InChI is InChI=1S/C24H28N6O3/c1-15-12-16(2)26-24(25-15)30-18(4)21(17(3)28-30)14-22(31)27-20-7-5-6-19(13-20)23(32)29-8-10-33-11-9-29/h5-7,12-13H,8-11,14H2,1-4H3,(H,27,31). The lowest BCUT2D eigenvalue weighted by Gasteiger charge is -2.27. The van der Waals surface area contributed by atoms with Crippen molar-refractivity contribution in [2.24, 2.45) is 0 Å². The Hall–Kier alpha value is -3.59. The highest BCUT2D eigenvalue weighted by atomic mass is 16.5. The van der Waals surface area contributed by atoms with E-state index in [4.69, 9.17) is 4.74 Å². The fourth-order valence-corrected chi connectivity index (χ4v) is 3.97. The molecule has 1 N–H and O–H groups in total. The van der Waals surface area contributed by atoms with E-state index in [9.17, 15) is 9.59 Å². The van der Waals surface area contributed by atoms with Crippen LogP contribution in [0.3, 0.4) is 0 Å². The monoisotopic (exact) mass is 448 g/mol. The molecule has 0 aliphatic carbocycles. The fraction of sp³-hybridized carbons (Fsp3) is 0.375. The Morgan fingerprint density at radius 1 is 1.03 bits per heavy atom. The van der Waals surface area contributed by atoms with Crippen LogP contribution in [0.1, 0.15) is 38.7 Å². The summed E-state index contributed by atoms with van der Waals surface area (Å²) in [7, 11) is 0. The predicted molar refractivity (Wildman–Crippen MR) is 124 cm³/mol. The van der Waals surface area contributed by atoms with E-state index in [1.165, 1.54) is 0 Å². The summed E-state index contributed by atoms with van der Waals surface area (Å²) in [5.41, 5.74) is 5.24. The van der Waals surface area contributed by atoms with Crippen molar-refractivity contribution in [3.05, 3.63) is 64.2 Å². The maximum Gasteiger partial charge on any atom is 0.254 e. The van der Waals surface area contributed by atoms with Gasteiger partial charge in [0, 0.05) is 47.0 Å². The molecule has 172 valence electrons. The van der Waals surface area contributed by atoms with Crippen LogP contribution in [0, 0.1) is 27.7 Å². The van der Waals surface area contributed by atoms with Gasteiger partial charge < -0.3 is 15.0 Å². The molecule has 2 aromatic heterocycles. The summed E-state index contributed by atoms with van der Waals surface area (Å²) < 4.78 is 6.99. The van der Waals surface area contributed by atoms with E-state index in [2.05, 4.69) is 20.4 Å². The van der Waals surface area contributed by atoms with Crippen LogP contribution in [0.15, 0.2) is 30.3 Å². The summed E-state index contributed by atoms with van der Waals surface area (Å²) in [6.07, 6.45) is 0.157. The lowest BCUT2D eigenvalue weighted by Crippen LogP contribution is -2.40. The highest BCUT2D eigenvalue weighted by molar-refractivity contribution is 5.97. The number of carbonyl (C=O) groups is 2. The van der Waals surface area contributed by atoms with Crippen molar-refractivity contribution >= 4 is 17.5 Å². The van der Waals surface area contributed by atoms with Crippen LogP contribution in [0.4, 0.5) is 5.69 Å². The summed E-state index contributed by atoms with van der Waals surface area (Å²) in [5.74, 6) is 0.253. The number of amides is 2. The zero-order valence-corrected chi connectivity index (χ0v) is 19.4. The lowest BCUT2D eigenvalue weighted by atomic mass is 10.1. The molecular weight excluding hydrogens is 420 g/mol. The quantitative estimate of drug-likeness (QED) is 0.644. The van der Waals surface area contributed by atoms with Crippen LogP contribution >= 0.6 is 0 Å². The molecule has 1 aliphatic rings. The smallest absolute Gasteiger partial charge is 0.254 e. The number of anilines is 1. The Kier molecular flexibility index (Phi) is 6.50. The Labute approximate surface area is 192 Å². The zero-order valence-electron chi connectivity index (χ0n) is 19.4. The van der Waals surface area contributed by atoms with Crippen molar-refractivity contribution in [3.63, 3.8) is 0 Å². The first kappa shape index (κ1) is 22.6. The van der Waals surface area contributed by atoms with Crippen LogP contribution < -0.4 is 5.32 Å². The maximum absolute atomic E-state index is 12.8. The second-order valence-electron chi connectivity index (χ2n) is 8.22. The van der Waals surface area contributed by atoms with Crippen molar-refractivity contribution < 1.29 is 14.3 Å². The number of morpholine rings is 1.